The molecule has 3 rings (SSSR count). The van der Waals surface area contributed by atoms with Crippen LogP contribution in [0.4, 0.5) is 4.79 Å². The van der Waals surface area contributed by atoms with Crippen molar-refractivity contribution >= 4 is 50.9 Å². The number of Topliss-reactive ketones (excluding diaryl/α,β-unsaturated/α-hetero) is 1. The maximum absolute atomic E-state index is 14.4. The molecule has 1 unspecified atom stereocenters. The molecule has 0 bridgehead atoms. The number of fused-ring (bicyclic) bond motifs is 1. The number of ketones is 1. The van der Waals surface area contributed by atoms with E-state index in [1.54, 1.807) is 11.4 Å². The Hall–Kier alpha value is -3.04. The Balaban J connectivity index is 1.83. The van der Waals surface area contributed by atoms with Crippen LogP contribution in [0.3, 0.4) is 0 Å². The van der Waals surface area contributed by atoms with E-state index in [0.29, 0.717) is 13.0 Å². The predicted octanol–water partition coefficient (Wildman–Crippen LogP) is 2.97. The molecule has 5 amide bonds. The van der Waals surface area contributed by atoms with Gasteiger partial charge in [0.2, 0.25) is 17.6 Å². The number of likely N-dealkylation sites (tertiary alicyclic amines) is 1. The van der Waals surface area contributed by atoms with Gasteiger partial charge in [-0.15, -0.1) is 11.3 Å². The van der Waals surface area contributed by atoms with Crippen molar-refractivity contribution in [3.8, 4) is 0 Å². The molecule has 1 aromatic rings. The zero-order valence-electron chi connectivity index (χ0n) is 30.8. The molecule has 15 heteroatoms. The number of likely N-dealkylation sites (N-methyl/N-ethyl adjacent to an activating group) is 2. The third-order valence-corrected chi connectivity index (χ3v) is 13.2. The van der Waals surface area contributed by atoms with Gasteiger partial charge in [-0.25, -0.2) is 13.2 Å². The Morgan fingerprint density at radius 1 is 1.04 bits per heavy atom. The number of thiophene rings is 1. The Morgan fingerprint density at radius 3 is 2.18 bits per heavy atom. The van der Waals surface area contributed by atoms with E-state index in [0.717, 1.165) is 17.8 Å². The van der Waals surface area contributed by atoms with Gasteiger partial charge in [0, 0.05) is 33.2 Å². The van der Waals surface area contributed by atoms with Crippen LogP contribution in [-0.4, -0.2) is 98.5 Å². The van der Waals surface area contributed by atoms with Gasteiger partial charge in [0.15, 0.2) is 0 Å². The molecule has 1 aliphatic heterocycles. The van der Waals surface area contributed by atoms with Crippen LogP contribution in [0.5, 0.6) is 0 Å². The molecular formula is C34H56N6O7S2. The number of sulfonamides is 1. The number of carbonyl (C=O) groups is 5. The number of urea groups is 1. The fourth-order valence-corrected chi connectivity index (χ4v) is 9.02. The van der Waals surface area contributed by atoms with E-state index in [4.69, 9.17) is 0 Å². The summed E-state index contributed by atoms with van der Waals surface area (Å²) in [5.74, 6) is -2.56. The summed E-state index contributed by atoms with van der Waals surface area (Å²) in [6.07, 6.45) is 1.67. The molecule has 49 heavy (non-hydrogen) atoms. The third-order valence-electron chi connectivity index (χ3n) is 10.0. The van der Waals surface area contributed by atoms with Gasteiger partial charge in [-0.05, 0) is 45.9 Å². The van der Waals surface area contributed by atoms with Gasteiger partial charge in [0.05, 0.1) is 6.04 Å². The molecule has 276 valence electrons. The minimum atomic E-state index is -3.77. The van der Waals surface area contributed by atoms with Crippen molar-refractivity contribution in [3.63, 3.8) is 0 Å². The Labute approximate surface area is 295 Å². The zero-order valence-corrected chi connectivity index (χ0v) is 32.4. The molecule has 1 saturated carbocycles. The van der Waals surface area contributed by atoms with Gasteiger partial charge >= 0.3 is 6.03 Å². The monoisotopic (exact) mass is 724 g/mol. The first kappa shape index (κ1) is 40.4. The van der Waals surface area contributed by atoms with Gasteiger partial charge in [-0.3, -0.25) is 19.2 Å². The van der Waals surface area contributed by atoms with Gasteiger partial charge < -0.3 is 26.2 Å². The summed E-state index contributed by atoms with van der Waals surface area (Å²) in [6.45, 7) is 17.5. The summed E-state index contributed by atoms with van der Waals surface area (Å²) in [7, 11) is -0.943. The number of amides is 5. The van der Waals surface area contributed by atoms with E-state index in [2.05, 4.69) is 21.3 Å². The number of nitrogens with one attached hydrogen (secondary N) is 4. The van der Waals surface area contributed by atoms with Crippen LogP contribution in [0.25, 0.3) is 0 Å². The molecule has 1 aromatic heterocycles. The zero-order chi connectivity index (χ0) is 37.3. The first-order valence-electron chi connectivity index (χ1n) is 16.9. The van der Waals surface area contributed by atoms with Crippen LogP contribution >= 0.6 is 11.3 Å². The summed E-state index contributed by atoms with van der Waals surface area (Å²) in [5, 5.41) is 12.6. The minimum absolute atomic E-state index is 0.00787. The lowest BCUT2D eigenvalue weighted by atomic mass is 9.85. The summed E-state index contributed by atoms with van der Waals surface area (Å²) < 4.78 is 27.7. The topological polar surface area (TPSA) is 174 Å². The number of nitrogens with zero attached hydrogens (tertiary/aromatic N) is 2. The molecule has 0 aromatic carbocycles. The molecule has 13 nitrogen and oxygen atoms in total. The molecule has 2 fully saturated rings. The number of carbonyl (C=O) groups excluding carboxylic acids is 5. The average molecular weight is 725 g/mol. The van der Waals surface area contributed by atoms with Gasteiger partial charge in [-0.2, -0.15) is 4.31 Å². The molecule has 4 N–H and O–H groups in total. The van der Waals surface area contributed by atoms with Crippen molar-refractivity contribution < 1.29 is 32.4 Å². The van der Waals surface area contributed by atoms with Gasteiger partial charge in [-0.1, -0.05) is 81.2 Å². The highest BCUT2D eigenvalue weighted by Gasteiger charge is 2.70. The first-order valence-corrected chi connectivity index (χ1v) is 19.3. The summed E-state index contributed by atoms with van der Waals surface area (Å²) in [6, 6.07) is -1.03. The van der Waals surface area contributed by atoms with E-state index in [1.807, 2.05) is 62.3 Å². The van der Waals surface area contributed by atoms with Crippen molar-refractivity contribution in [2.24, 2.45) is 28.1 Å². The number of piperidine rings is 1. The summed E-state index contributed by atoms with van der Waals surface area (Å²) >= 11 is 1.11. The largest absolute Gasteiger partial charge is 0.353 e. The van der Waals surface area contributed by atoms with Crippen LogP contribution in [0.15, 0.2) is 21.7 Å². The van der Waals surface area contributed by atoms with Crippen molar-refractivity contribution in [3.05, 3.63) is 17.5 Å². The molecule has 1 aliphatic carbocycles. The summed E-state index contributed by atoms with van der Waals surface area (Å²) in [5.41, 5.74) is -1.53. The Kier molecular flexibility index (Phi) is 12.4. The highest BCUT2D eigenvalue weighted by molar-refractivity contribution is 7.91. The minimum Gasteiger partial charge on any atom is -0.353 e. The quantitative estimate of drug-likeness (QED) is 0.214. The molecule has 1 saturated heterocycles. The lowest BCUT2D eigenvalue weighted by molar-refractivity contribution is -0.145. The average Bonchev–Trinajstić information content (AvgIpc) is 3.46. The van der Waals surface area contributed by atoms with Gasteiger partial charge in [0.25, 0.3) is 15.9 Å². The fraction of sp³-hybridized carbons (Fsp3) is 0.735. The Morgan fingerprint density at radius 2 is 1.67 bits per heavy atom. The van der Waals surface area contributed by atoms with E-state index >= 15 is 0 Å². The number of unbranched alkanes of at least 4 members (excludes halogenated alkanes) is 1. The fourth-order valence-electron chi connectivity index (χ4n) is 6.63. The molecule has 0 spiro atoms. The van der Waals surface area contributed by atoms with Crippen LogP contribution < -0.4 is 21.3 Å². The maximum atomic E-state index is 14.4. The smallest absolute Gasteiger partial charge is 0.315 e. The number of hydrogen-bond acceptors (Lipinski definition) is 8. The lowest BCUT2D eigenvalue weighted by Crippen LogP contribution is -2.62. The Bertz CT molecular complexity index is 1500. The normalized spacial score (nSPS) is 22.0. The van der Waals surface area contributed by atoms with Crippen molar-refractivity contribution in [1.82, 2.24) is 30.5 Å². The van der Waals surface area contributed by atoms with Crippen LogP contribution in [-0.2, 0) is 29.2 Å². The van der Waals surface area contributed by atoms with Crippen LogP contribution in [0, 0.1) is 28.1 Å². The molecule has 2 heterocycles. The van der Waals surface area contributed by atoms with E-state index < -0.39 is 74.6 Å². The first-order chi connectivity index (χ1) is 22.5. The molecule has 0 radical (unpaired) electrons. The van der Waals surface area contributed by atoms with Crippen LogP contribution in [0.1, 0.15) is 81.6 Å². The second kappa shape index (κ2) is 15.1. The van der Waals surface area contributed by atoms with Crippen molar-refractivity contribution in [2.75, 3.05) is 27.2 Å². The number of rotatable bonds is 14. The molecule has 2 aliphatic rings. The van der Waals surface area contributed by atoms with E-state index in [1.165, 1.54) is 29.4 Å². The third kappa shape index (κ3) is 9.01. The van der Waals surface area contributed by atoms with Gasteiger partial charge in [0.1, 0.15) is 16.3 Å². The lowest BCUT2D eigenvalue weighted by Gasteiger charge is -2.39. The van der Waals surface area contributed by atoms with E-state index in [9.17, 15) is 32.4 Å². The number of hydrogen-bond donors (Lipinski definition) is 4. The van der Waals surface area contributed by atoms with Crippen molar-refractivity contribution in [1.29, 1.82) is 0 Å². The second-order valence-electron chi connectivity index (χ2n) is 16.1. The second-order valence-corrected chi connectivity index (χ2v) is 19.3. The highest BCUT2D eigenvalue weighted by atomic mass is 32.2. The molecular weight excluding hydrogens is 669 g/mol. The van der Waals surface area contributed by atoms with Crippen molar-refractivity contribution in [2.45, 2.75) is 110 Å². The van der Waals surface area contributed by atoms with Crippen LogP contribution in [0.2, 0.25) is 0 Å². The van der Waals surface area contributed by atoms with E-state index in [-0.39, 0.29) is 34.4 Å². The molecule has 6 atom stereocenters. The SMILES string of the molecule is CCCCC(NC(=O)[C@@H]1[C@@H]2[C@H](CN1C(=O)[C@@H](NC(=O)N[C@H](CN(C)S(=O)(=O)c1cccs1)C(C)(C)C)C(C)(C)C)C2(C)C)C(=O)C(=O)NC. The highest BCUT2D eigenvalue weighted by Crippen LogP contribution is 2.65. The summed E-state index contributed by atoms with van der Waals surface area (Å²) in [4.78, 5) is 68.5. The standard InChI is InChI=1S/C34H56N6O7S2/c1-12-13-15-21(26(41)29(43)35-10)36-28(42)25-24-20(34(24,8)9)18-40(25)30(44)27(33(5,6)7)38-31(45)37-22(32(2,3)4)19-39(11)49(46,47)23-16-14-17-48-23/h14,16-17,20-22,24-25,27H,12-13,15,18-19H2,1-11H3,(H,35,43)(H,36,42)(H2,37,38,45)/t20-,21?,22+,24-,25-,27+/m0/s1. The predicted molar refractivity (Wildman–Crippen MR) is 189 cm³/mol. The maximum Gasteiger partial charge on any atom is 0.315 e.